The van der Waals surface area contributed by atoms with Gasteiger partial charge in [0.1, 0.15) is 17.0 Å². The normalized spacial score (nSPS) is 11.6. The molecule has 2 aromatic heterocycles. The summed E-state index contributed by atoms with van der Waals surface area (Å²) in [5, 5.41) is 6.76. The molecule has 0 amide bonds. The third-order valence-corrected chi connectivity index (χ3v) is 5.00. The lowest BCUT2D eigenvalue weighted by molar-refractivity contribution is 0.425. The maximum absolute atomic E-state index is 4.47. The summed E-state index contributed by atoms with van der Waals surface area (Å²) in [6, 6.07) is 8.83. The van der Waals surface area contributed by atoms with E-state index in [1.807, 2.05) is 0 Å². The van der Waals surface area contributed by atoms with Gasteiger partial charge in [0.05, 0.1) is 5.39 Å². The standard InChI is InChI=1S/C19H24N4S/c1-13(2)14-5-7-15(8-6-14)16-11-24-19-17(16)18(21-12-22-19)20-9-10-23(3)4/h5-8,11-13H,9-10H2,1-4H3,(H,20,21,22). The molecule has 0 saturated heterocycles. The first-order valence-electron chi connectivity index (χ1n) is 8.27. The van der Waals surface area contributed by atoms with Crippen LogP contribution < -0.4 is 5.32 Å². The molecule has 0 aliphatic heterocycles. The van der Waals surface area contributed by atoms with Gasteiger partial charge >= 0.3 is 0 Å². The summed E-state index contributed by atoms with van der Waals surface area (Å²) in [5.41, 5.74) is 3.79. The van der Waals surface area contributed by atoms with Gasteiger partial charge in [-0.25, -0.2) is 9.97 Å². The molecule has 2 heterocycles. The second-order valence-corrected chi connectivity index (χ2v) is 7.42. The number of aromatic nitrogens is 2. The number of thiophene rings is 1. The summed E-state index contributed by atoms with van der Waals surface area (Å²) in [5.74, 6) is 1.47. The Kier molecular flexibility index (Phi) is 5.11. The number of likely N-dealkylation sites (N-methyl/N-ethyl adjacent to an activating group) is 1. The largest absolute Gasteiger partial charge is 0.368 e. The van der Waals surface area contributed by atoms with Crippen LogP contribution in [0.25, 0.3) is 21.3 Å². The number of fused-ring (bicyclic) bond motifs is 1. The summed E-state index contributed by atoms with van der Waals surface area (Å²) in [7, 11) is 4.15. The molecular formula is C19H24N4S. The van der Waals surface area contributed by atoms with Gasteiger partial charge in [-0.15, -0.1) is 11.3 Å². The first-order valence-corrected chi connectivity index (χ1v) is 9.15. The van der Waals surface area contributed by atoms with Crippen molar-refractivity contribution >= 4 is 27.4 Å². The van der Waals surface area contributed by atoms with Crippen LogP contribution in [-0.4, -0.2) is 42.1 Å². The van der Waals surface area contributed by atoms with Gasteiger partial charge in [0, 0.05) is 24.0 Å². The maximum Gasteiger partial charge on any atom is 0.138 e. The fourth-order valence-electron chi connectivity index (χ4n) is 2.67. The zero-order valence-corrected chi connectivity index (χ0v) is 15.5. The van der Waals surface area contributed by atoms with Crippen molar-refractivity contribution in [1.82, 2.24) is 14.9 Å². The summed E-state index contributed by atoms with van der Waals surface area (Å²) >= 11 is 1.67. The van der Waals surface area contributed by atoms with Gasteiger partial charge in [0.15, 0.2) is 0 Å². The minimum Gasteiger partial charge on any atom is -0.368 e. The topological polar surface area (TPSA) is 41.1 Å². The minimum absolute atomic E-state index is 0.546. The second kappa shape index (κ2) is 7.28. The maximum atomic E-state index is 4.47. The van der Waals surface area contributed by atoms with E-state index in [0.717, 1.165) is 29.1 Å². The summed E-state index contributed by atoms with van der Waals surface area (Å²) < 4.78 is 0. The molecule has 3 rings (SSSR count). The monoisotopic (exact) mass is 340 g/mol. The van der Waals surface area contributed by atoms with Gasteiger partial charge in [-0.1, -0.05) is 38.1 Å². The van der Waals surface area contributed by atoms with Crippen molar-refractivity contribution in [1.29, 1.82) is 0 Å². The fraction of sp³-hybridized carbons (Fsp3) is 0.368. The van der Waals surface area contributed by atoms with Crippen LogP contribution in [0, 0.1) is 0 Å². The van der Waals surface area contributed by atoms with E-state index in [1.54, 1.807) is 17.7 Å². The third kappa shape index (κ3) is 3.57. The Hall–Kier alpha value is -1.98. The molecule has 1 N–H and O–H groups in total. The van der Waals surface area contributed by atoms with E-state index in [0.29, 0.717) is 5.92 Å². The van der Waals surface area contributed by atoms with Gasteiger partial charge in [0.25, 0.3) is 0 Å². The van der Waals surface area contributed by atoms with Crippen LogP contribution in [0.4, 0.5) is 5.82 Å². The SMILES string of the molecule is CC(C)c1ccc(-c2csc3ncnc(NCCN(C)C)c23)cc1. The number of nitrogens with zero attached hydrogens (tertiary/aromatic N) is 3. The molecule has 0 saturated carbocycles. The Bertz CT molecular complexity index is 806. The van der Waals surface area contributed by atoms with Crippen LogP contribution in [0.1, 0.15) is 25.3 Å². The molecule has 0 unspecified atom stereocenters. The Morgan fingerprint density at radius 2 is 1.88 bits per heavy atom. The van der Waals surface area contributed by atoms with Crippen molar-refractivity contribution in [3.63, 3.8) is 0 Å². The van der Waals surface area contributed by atoms with Crippen LogP contribution in [0.2, 0.25) is 0 Å². The Morgan fingerprint density at radius 1 is 1.12 bits per heavy atom. The van der Waals surface area contributed by atoms with Gasteiger partial charge in [-0.05, 0) is 31.1 Å². The number of nitrogens with one attached hydrogen (secondary N) is 1. The Labute approximate surface area is 147 Å². The summed E-state index contributed by atoms with van der Waals surface area (Å²) in [6.45, 7) is 6.26. The van der Waals surface area contributed by atoms with E-state index in [4.69, 9.17) is 0 Å². The number of hydrogen-bond donors (Lipinski definition) is 1. The number of benzene rings is 1. The molecule has 3 aromatic rings. The van der Waals surface area contributed by atoms with Gasteiger partial charge in [0.2, 0.25) is 0 Å². The molecule has 1 aromatic carbocycles. The van der Waals surface area contributed by atoms with E-state index < -0.39 is 0 Å². The smallest absolute Gasteiger partial charge is 0.138 e. The second-order valence-electron chi connectivity index (χ2n) is 6.56. The average molecular weight is 340 g/mol. The number of rotatable bonds is 6. The average Bonchev–Trinajstić information content (AvgIpc) is 2.99. The molecule has 5 heteroatoms. The highest BCUT2D eigenvalue weighted by Crippen LogP contribution is 2.36. The van der Waals surface area contributed by atoms with E-state index in [2.05, 4.69) is 77.8 Å². The molecular weight excluding hydrogens is 316 g/mol. The van der Waals surface area contributed by atoms with Crippen molar-refractivity contribution in [2.24, 2.45) is 0 Å². The summed E-state index contributed by atoms with van der Waals surface area (Å²) in [6.07, 6.45) is 1.64. The van der Waals surface area contributed by atoms with E-state index in [1.165, 1.54) is 16.7 Å². The van der Waals surface area contributed by atoms with Crippen molar-refractivity contribution in [2.45, 2.75) is 19.8 Å². The molecule has 0 atom stereocenters. The van der Waals surface area contributed by atoms with Crippen LogP contribution >= 0.6 is 11.3 Å². The minimum atomic E-state index is 0.546. The van der Waals surface area contributed by atoms with Crippen molar-refractivity contribution in [3.8, 4) is 11.1 Å². The highest BCUT2D eigenvalue weighted by Gasteiger charge is 2.13. The van der Waals surface area contributed by atoms with Crippen molar-refractivity contribution in [3.05, 3.63) is 41.5 Å². The molecule has 0 spiro atoms. The van der Waals surface area contributed by atoms with Gasteiger partial charge in [-0.3, -0.25) is 0 Å². The molecule has 0 aliphatic carbocycles. The fourth-order valence-corrected chi connectivity index (χ4v) is 3.58. The van der Waals surface area contributed by atoms with Crippen LogP contribution in [-0.2, 0) is 0 Å². The van der Waals surface area contributed by atoms with E-state index in [-0.39, 0.29) is 0 Å². The molecule has 0 aliphatic rings. The molecule has 4 nitrogen and oxygen atoms in total. The summed E-state index contributed by atoms with van der Waals surface area (Å²) in [4.78, 5) is 12.1. The lowest BCUT2D eigenvalue weighted by Gasteiger charge is -2.12. The van der Waals surface area contributed by atoms with E-state index >= 15 is 0 Å². The van der Waals surface area contributed by atoms with E-state index in [9.17, 15) is 0 Å². The zero-order valence-electron chi connectivity index (χ0n) is 14.7. The molecule has 0 radical (unpaired) electrons. The van der Waals surface area contributed by atoms with Gasteiger partial charge in [-0.2, -0.15) is 0 Å². The first-order chi connectivity index (χ1) is 11.6. The molecule has 0 bridgehead atoms. The quantitative estimate of drug-likeness (QED) is 0.719. The Morgan fingerprint density at radius 3 is 2.54 bits per heavy atom. The predicted molar refractivity (Wildman–Crippen MR) is 104 cm³/mol. The highest BCUT2D eigenvalue weighted by molar-refractivity contribution is 7.17. The third-order valence-electron chi connectivity index (χ3n) is 4.11. The predicted octanol–water partition coefficient (Wildman–Crippen LogP) is 4.46. The van der Waals surface area contributed by atoms with Crippen LogP contribution in [0.3, 0.4) is 0 Å². The van der Waals surface area contributed by atoms with Gasteiger partial charge < -0.3 is 10.2 Å². The lowest BCUT2D eigenvalue weighted by Crippen LogP contribution is -2.21. The lowest BCUT2D eigenvalue weighted by atomic mass is 9.99. The zero-order chi connectivity index (χ0) is 17.1. The molecule has 126 valence electrons. The highest BCUT2D eigenvalue weighted by atomic mass is 32.1. The van der Waals surface area contributed by atoms with Crippen molar-refractivity contribution < 1.29 is 0 Å². The first kappa shape index (κ1) is 16.9. The van der Waals surface area contributed by atoms with Crippen molar-refractivity contribution in [2.75, 3.05) is 32.5 Å². The molecule has 24 heavy (non-hydrogen) atoms. The number of anilines is 1. The van der Waals surface area contributed by atoms with Crippen LogP contribution in [0.5, 0.6) is 0 Å². The Balaban J connectivity index is 1.96. The molecule has 0 fully saturated rings. The number of hydrogen-bond acceptors (Lipinski definition) is 5. The van der Waals surface area contributed by atoms with Crippen LogP contribution in [0.15, 0.2) is 36.0 Å².